The van der Waals surface area contributed by atoms with Gasteiger partial charge >= 0.3 is 11.9 Å². The van der Waals surface area contributed by atoms with Crippen LogP contribution >= 0.6 is 0 Å². The van der Waals surface area contributed by atoms with Crippen molar-refractivity contribution in [2.24, 2.45) is 0 Å². The van der Waals surface area contributed by atoms with Gasteiger partial charge in [-0.25, -0.2) is 0 Å². The molecular formula is C16H32O6. The van der Waals surface area contributed by atoms with Crippen LogP contribution in [0.15, 0.2) is 0 Å². The molecule has 0 aromatic rings. The highest BCUT2D eigenvalue weighted by Crippen LogP contribution is 1.94. The summed E-state index contributed by atoms with van der Waals surface area (Å²) in [7, 11) is 0. The lowest BCUT2D eigenvalue weighted by atomic mass is 10.3. The number of rotatable bonds is 10. The molecule has 0 heterocycles. The normalized spacial score (nSPS) is 12.6. The maximum absolute atomic E-state index is 10.5. The van der Waals surface area contributed by atoms with Gasteiger partial charge in [0.05, 0.1) is 13.2 Å². The second kappa shape index (κ2) is 16.2. The minimum absolute atomic E-state index is 0.126. The summed E-state index contributed by atoms with van der Waals surface area (Å²) in [5.41, 5.74) is 0. The SMILES string of the molecule is CCCCOCC(C)OC(C)=O.CCOCC(C)OC(C)=O. The van der Waals surface area contributed by atoms with Gasteiger partial charge < -0.3 is 18.9 Å². The Morgan fingerprint density at radius 3 is 1.68 bits per heavy atom. The quantitative estimate of drug-likeness (QED) is 0.455. The van der Waals surface area contributed by atoms with Crippen LogP contribution in [0.2, 0.25) is 0 Å². The third-order valence-corrected chi connectivity index (χ3v) is 2.29. The highest BCUT2D eigenvalue weighted by Gasteiger charge is 2.04. The predicted molar refractivity (Wildman–Crippen MR) is 84.7 cm³/mol. The van der Waals surface area contributed by atoms with Gasteiger partial charge in [-0.15, -0.1) is 0 Å². The first kappa shape index (κ1) is 23.1. The second-order valence-corrected chi connectivity index (χ2v) is 4.93. The molecule has 0 N–H and O–H groups in total. The fourth-order valence-electron chi connectivity index (χ4n) is 1.41. The zero-order valence-corrected chi connectivity index (χ0v) is 14.8. The van der Waals surface area contributed by atoms with Crippen molar-refractivity contribution in [2.75, 3.05) is 26.4 Å². The zero-order chi connectivity index (χ0) is 17.4. The number of hydrogen-bond acceptors (Lipinski definition) is 6. The number of esters is 2. The summed E-state index contributed by atoms with van der Waals surface area (Å²) in [5.74, 6) is -0.506. The van der Waals surface area contributed by atoms with E-state index in [1.807, 2.05) is 13.8 Å². The maximum Gasteiger partial charge on any atom is 0.302 e. The van der Waals surface area contributed by atoms with Gasteiger partial charge in [0.1, 0.15) is 12.2 Å². The Hall–Kier alpha value is -1.14. The van der Waals surface area contributed by atoms with Crippen molar-refractivity contribution in [3.8, 4) is 0 Å². The summed E-state index contributed by atoms with van der Waals surface area (Å²) in [6.07, 6.45) is 1.94. The van der Waals surface area contributed by atoms with Crippen molar-refractivity contribution in [1.29, 1.82) is 0 Å². The van der Waals surface area contributed by atoms with Crippen molar-refractivity contribution in [1.82, 2.24) is 0 Å². The third-order valence-electron chi connectivity index (χ3n) is 2.29. The molecule has 0 aliphatic heterocycles. The maximum atomic E-state index is 10.5. The van der Waals surface area contributed by atoms with E-state index in [9.17, 15) is 9.59 Å². The Kier molecular flexibility index (Phi) is 17.1. The number of unbranched alkanes of at least 4 members (excludes halogenated alkanes) is 1. The molecule has 0 amide bonds. The van der Waals surface area contributed by atoms with E-state index >= 15 is 0 Å². The molecule has 0 aromatic carbocycles. The van der Waals surface area contributed by atoms with Crippen molar-refractivity contribution >= 4 is 11.9 Å². The molecular weight excluding hydrogens is 288 g/mol. The van der Waals surface area contributed by atoms with Gasteiger partial charge in [-0.2, -0.15) is 0 Å². The molecule has 6 nitrogen and oxygen atoms in total. The first-order valence-electron chi connectivity index (χ1n) is 7.83. The van der Waals surface area contributed by atoms with E-state index in [1.165, 1.54) is 13.8 Å². The highest BCUT2D eigenvalue weighted by molar-refractivity contribution is 5.66. The van der Waals surface area contributed by atoms with Gasteiger partial charge in [0.15, 0.2) is 0 Å². The molecule has 0 fully saturated rings. The van der Waals surface area contributed by atoms with E-state index in [-0.39, 0.29) is 24.1 Å². The van der Waals surface area contributed by atoms with Crippen LogP contribution in [0.4, 0.5) is 0 Å². The van der Waals surface area contributed by atoms with Gasteiger partial charge in [-0.1, -0.05) is 13.3 Å². The Morgan fingerprint density at radius 2 is 1.32 bits per heavy atom. The molecule has 132 valence electrons. The Bertz CT molecular complexity index is 280. The summed E-state index contributed by atoms with van der Waals surface area (Å²) < 4.78 is 19.9. The Balaban J connectivity index is 0. The smallest absolute Gasteiger partial charge is 0.302 e. The summed E-state index contributed by atoms with van der Waals surface area (Å²) in [6, 6.07) is 0. The molecule has 0 aromatic heterocycles. The standard InChI is InChI=1S/C9H18O3.C7H14O3/c1-4-5-6-11-7-8(2)12-9(3)10;1-4-9-5-6(2)10-7(3)8/h8H,4-7H2,1-3H3;6H,4-5H2,1-3H3. The predicted octanol–water partition coefficient (Wildman–Crippen LogP) is 2.73. The fourth-order valence-corrected chi connectivity index (χ4v) is 1.41. The van der Waals surface area contributed by atoms with Crippen molar-refractivity contribution < 1.29 is 28.5 Å². The van der Waals surface area contributed by atoms with Crippen LogP contribution in [0.5, 0.6) is 0 Å². The third kappa shape index (κ3) is 21.2. The fraction of sp³-hybridized carbons (Fsp3) is 0.875. The van der Waals surface area contributed by atoms with Crippen LogP contribution in [0.3, 0.4) is 0 Å². The van der Waals surface area contributed by atoms with Crippen LogP contribution < -0.4 is 0 Å². The molecule has 0 rings (SSSR count). The second-order valence-electron chi connectivity index (χ2n) is 4.93. The van der Waals surface area contributed by atoms with E-state index < -0.39 is 0 Å². The Morgan fingerprint density at radius 1 is 0.864 bits per heavy atom. The van der Waals surface area contributed by atoms with Crippen LogP contribution in [0.25, 0.3) is 0 Å². The van der Waals surface area contributed by atoms with Crippen molar-refractivity contribution in [3.63, 3.8) is 0 Å². The average Bonchev–Trinajstić information content (AvgIpc) is 2.40. The summed E-state index contributed by atoms with van der Waals surface area (Å²) in [6.45, 7) is 12.8. The number of hydrogen-bond donors (Lipinski definition) is 0. The first-order chi connectivity index (χ1) is 10.3. The lowest BCUT2D eigenvalue weighted by Crippen LogP contribution is -2.18. The molecule has 22 heavy (non-hydrogen) atoms. The lowest BCUT2D eigenvalue weighted by Gasteiger charge is -2.11. The Labute approximate surface area is 134 Å². The van der Waals surface area contributed by atoms with Gasteiger partial charge in [-0.05, 0) is 27.2 Å². The highest BCUT2D eigenvalue weighted by atomic mass is 16.6. The molecule has 0 spiro atoms. The molecule has 0 bridgehead atoms. The number of carbonyl (C=O) groups excluding carboxylic acids is 2. The van der Waals surface area contributed by atoms with Crippen LogP contribution in [-0.2, 0) is 28.5 Å². The minimum Gasteiger partial charge on any atom is -0.460 e. The summed E-state index contributed by atoms with van der Waals surface area (Å²) >= 11 is 0. The van der Waals surface area contributed by atoms with E-state index in [1.54, 1.807) is 6.92 Å². The summed E-state index contributed by atoms with van der Waals surface area (Å²) in [5, 5.41) is 0. The topological polar surface area (TPSA) is 71.1 Å². The monoisotopic (exact) mass is 320 g/mol. The van der Waals surface area contributed by atoms with Gasteiger partial charge in [-0.3, -0.25) is 9.59 Å². The van der Waals surface area contributed by atoms with Crippen LogP contribution in [-0.4, -0.2) is 50.6 Å². The van der Waals surface area contributed by atoms with Crippen LogP contribution in [0, 0.1) is 0 Å². The average molecular weight is 320 g/mol. The minimum atomic E-state index is -0.257. The van der Waals surface area contributed by atoms with E-state index in [4.69, 9.17) is 18.9 Å². The number of ether oxygens (including phenoxy) is 4. The first-order valence-corrected chi connectivity index (χ1v) is 7.83. The molecule has 0 radical (unpaired) electrons. The molecule has 0 saturated heterocycles. The largest absolute Gasteiger partial charge is 0.460 e. The van der Waals surface area contributed by atoms with E-state index in [0.29, 0.717) is 19.8 Å². The lowest BCUT2D eigenvalue weighted by molar-refractivity contribution is -0.149. The van der Waals surface area contributed by atoms with Gasteiger partial charge in [0, 0.05) is 27.1 Å². The molecule has 0 aliphatic carbocycles. The van der Waals surface area contributed by atoms with E-state index in [0.717, 1.165) is 19.4 Å². The number of carbonyl (C=O) groups is 2. The molecule has 0 saturated carbocycles. The van der Waals surface area contributed by atoms with Crippen LogP contribution in [0.1, 0.15) is 54.4 Å². The zero-order valence-electron chi connectivity index (χ0n) is 14.8. The molecule has 6 heteroatoms. The van der Waals surface area contributed by atoms with E-state index in [2.05, 4.69) is 6.92 Å². The summed E-state index contributed by atoms with van der Waals surface area (Å²) in [4.78, 5) is 20.8. The van der Waals surface area contributed by atoms with Crippen molar-refractivity contribution in [3.05, 3.63) is 0 Å². The molecule has 2 atom stereocenters. The van der Waals surface area contributed by atoms with Gasteiger partial charge in [0.2, 0.25) is 0 Å². The molecule has 0 aliphatic rings. The van der Waals surface area contributed by atoms with Crippen molar-refractivity contribution in [2.45, 2.75) is 66.6 Å². The van der Waals surface area contributed by atoms with Gasteiger partial charge in [0.25, 0.3) is 0 Å². The molecule has 2 unspecified atom stereocenters.